The van der Waals surface area contributed by atoms with Crippen LogP contribution >= 0.6 is 11.8 Å². The Labute approximate surface area is 192 Å². The number of carbonyl (C=O) groups excluding carboxylic acids is 1. The van der Waals surface area contributed by atoms with Gasteiger partial charge in [-0.2, -0.15) is 0 Å². The van der Waals surface area contributed by atoms with E-state index in [4.69, 9.17) is 0 Å². The number of fused-ring (bicyclic) bond motifs is 1. The van der Waals surface area contributed by atoms with Gasteiger partial charge in [-0.1, -0.05) is 48.2 Å². The standard InChI is InChI=1S/C25H27FN4OS/c1-3-14-30-24(21-10-6-7-11-22(21)26)28-29-25(30)32-16-23(31)27-17(2)19-13-12-18-8-4-5-9-20(18)15-19/h3,6-7,10-13,15,17H,1,4-5,8-9,14,16H2,2H3,(H,27,31). The molecule has 3 aromatic rings. The molecule has 1 atom stereocenters. The van der Waals surface area contributed by atoms with Gasteiger partial charge in [-0.15, -0.1) is 16.8 Å². The molecule has 1 unspecified atom stereocenters. The summed E-state index contributed by atoms with van der Waals surface area (Å²) in [5.41, 5.74) is 4.34. The van der Waals surface area contributed by atoms with E-state index in [0.717, 1.165) is 18.4 Å². The van der Waals surface area contributed by atoms with E-state index < -0.39 is 0 Å². The van der Waals surface area contributed by atoms with Crippen LogP contribution in [0.5, 0.6) is 0 Å². The van der Waals surface area contributed by atoms with E-state index in [1.54, 1.807) is 28.8 Å². The van der Waals surface area contributed by atoms with Crippen LogP contribution in [0.3, 0.4) is 0 Å². The van der Waals surface area contributed by atoms with Crippen molar-refractivity contribution < 1.29 is 9.18 Å². The average Bonchev–Trinajstić information content (AvgIpc) is 3.20. The SMILES string of the molecule is C=CCn1c(SCC(=O)NC(C)c2ccc3c(c2)CCCC3)nnc1-c1ccccc1F. The first-order chi connectivity index (χ1) is 15.6. The van der Waals surface area contributed by atoms with Crippen LogP contribution in [0.25, 0.3) is 11.4 Å². The number of aryl methyl sites for hydroxylation is 2. The summed E-state index contributed by atoms with van der Waals surface area (Å²) in [7, 11) is 0. The highest BCUT2D eigenvalue weighted by atomic mass is 32.2. The predicted octanol–water partition coefficient (Wildman–Crippen LogP) is 5.12. The third-order valence-corrected chi connectivity index (χ3v) is 6.69. The number of nitrogens with zero attached hydrogens (tertiary/aromatic N) is 3. The molecule has 32 heavy (non-hydrogen) atoms. The molecule has 1 amide bonds. The van der Waals surface area contributed by atoms with Gasteiger partial charge in [0.05, 0.1) is 17.4 Å². The topological polar surface area (TPSA) is 59.8 Å². The molecular weight excluding hydrogens is 423 g/mol. The predicted molar refractivity (Wildman–Crippen MR) is 126 cm³/mol. The fourth-order valence-corrected chi connectivity index (χ4v) is 4.81. The maximum absolute atomic E-state index is 14.3. The van der Waals surface area contributed by atoms with E-state index in [1.807, 2.05) is 6.92 Å². The Hall–Kier alpha value is -2.93. The number of aromatic nitrogens is 3. The first-order valence-electron chi connectivity index (χ1n) is 10.9. The maximum atomic E-state index is 14.3. The van der Waals surface area contributed by atoms with Gasteiger partial charge in [-0.05, 0) is 61.4 Å². The summed E-state index contributed by atoms with van der Waals surface area (Å²) in [5, 5.41) is 12.0. The second kappa shape index (κ2) is 10.1. The highest BCUT2D eigenvalue weighted by molar-refractivity contribution is 7.99. The van der Waals surface area contributed by atoms with Crippen molar-refractivity contribution in [1.29, 1.82) is 0 Å². The van der Waals surface area contributed by atoms with Gasteiger partial charge in [0.15, 0.2) is 11.0 Å². The van der Waals surface area contributed by atoms with Gasteiger partial charge in [0.2, 0.25) is 5.91 Å². The molecule has 1 aliphatic rings. The van der Waals surface area contributed by atoms with Crippen LogP contribution in [0.4, 0.5) is 4.39 Å². The average molecular weight is 451 g/mol. The van der Waals surface area contributed by atoms with Crippen LogP contribution in [0, 0.1) is 5.82 Å². The van der Waals surface area contributed by atoms with Crippen molar-refractivity contribution in [2.75, 3.05) is 5.75 Å². The third kappa shape index (κ3) is 4.93. The lowest BCUT2D eigenvalue weighted by Gasteiger charge is -2.20. The monoisotopic (exact) mass is 450 g/mol. The molecule has 0 saturated carbocycles. The lowest BCUT2D eigenvalue weighted by atomic mass is 9.89. The minimum Gasteiger partial charge on any atom is -0.349 e. The first-order valence-corrected chi connectivity index (χ1v) is 11.9. The molecule has 1 aromatic heterocycles. The molecule has 2 aromatic carbocycles. The zero-order chi connectivity index (χ0) is 22.5. The number of halogens is 1. The second-order valence-corrected chi connectivity index (χ2v) is 8.94. The number of carbonyl (C=O) groups is 1. The molecule has 0 radical (unpaired) electrons. The highest BCUT2D eigenvalue weighted by Crippen LogP contribution is 2.27. The first kappa shape index (κ1) is 22.3. The number of allylic oxidation sites excluding steroid dienone is 1. The van der Waals surface area contributed by atoms with Gasteiger partial charge in [0.1, 0.15) is 5.82 Å². The Morgan fingerprint density at radius 1 is 1.22 bits per heavy atom. The number of nitrogens with one attached hydrogen (secondary N) is 1. The van der Waals surface area contributed by atoms with Crippen LogP contribution in [0.15, 0.2) is 60.3 Å². The minimum absolute atomic E-state index is 0.0738. The van der Waals surface area contributed by atoms with E-state index in [2.05, 4.69) is 40.3 Å². The van der Waals surface area contributed by atoms with Crippen molar-refractivity contribution in [1.82, 2.24) is 20.1 Å². The molecule has 0 fully saturated rings. The van der Waals surface area contributed by atoms with Crippen molar-refractivity contribution >= 4 is 17.7 Å². The van der Waals surface area contributed by atoms with E-state index in [9.17, 15) is 9.18 Å². The molecule has 1 heterocycles. The van der Waals surface area contributed by atoms with Gasteiger partial charge in [0, 0.05) is 6.54 Å². The zero-order valence-corrected chi connectivity index (χ0v) is 19.0. The largest absolute Gasteiger partial charge is 0.349 e. The summed E-state index contributed by atoms with van der Waals surface area (Å²) in [5.74, 6) is 0.175. The molecule has 5 nitrogen and oxygen atoms in total. The number of benzene rings is 2. The summed E-state index contributed by atoms with van der Waals surface area (Å²) >= 11 is 1.28. The van der Waals surface area contributed by atoms with Gasteiger partial charge < -0.3 is 5.32 Å². The summed E-state index contributed by atoms with van der Waals surface area (Å²) < 4.78 is 16.0. The van der Waals surface area contributed by atoms with Crippen molar-refractivity contribution in [3.05, 3.63) is 77.6 Å². The van der Waals surface area contributed by atoms with E-state index in [0.29, 0.717) is 23.1 Å². The minimum atomic E-state index is -0.363. The molecule has 0 spiro atoms. The number of amides is 1. The van der Waals surface area contributed by atoms with Crippen molar-refractivity contribution in [2.45, 2.75) is 50.4 Å². The maximum Gasteiger partial charge on any atom is 0.230 e. The third-order valence-electron chi connectivity index (χ3n) is 5.73. The number of thioether (sulfide) groups is 1. The lowest BCUT2D eigenvalue weighted by molar-refractivity contribution is -0.119. The number of hydrogen-bond acceptors (Lipinski definition) is 4. The quantitative estimate of drug-likeness (QED) is 0.382. The summed E-state index contributed by atoms with van der Waals surface area (Å²) in [6, 6.07) is 12.9. The molecule has 1 N–H and O–H groups in total. The molecule has 0 aliphatic heterocycles. The fraction of sp³-hybridized carbons (Fsp3) is 0.320. The number of hydrogen-bond donors (Lipinski definition) is 1. The Balaban J connectivity index is 1.42. The molecule has 166 valence electrons. The van der Waals surface area contributed by atoms with Crippen molar-refractivity contribution in [3.8, 4) is 11.4 Å². The lowest BCUT2D eigenvalue weighted by Crippen LogP contribution is -2.28. The van der Waals surface area contributed by atoms with Crippen molar-refractivity contribution in [2.24, 2.45) is 0 Å². The normalized spacial score (nSPS) is 13.9. The van der Waals surface area contributed by atoms with Gasteiger partial charge in [-0.25, -0.2) is 4.39 Å². The summed E-state index contributed by atoms with van der Waals surface area (Å²) in [6.45, 7) is 6.20. The zero-order valence-electron chi connectivity index (χ0n) is 18.2. The van der Waals surface area contributed by atoms with Crippen LogP contribution in [0.2, 0.25) is 0 Å². The Morgan fingerprint density at radius 2 is 2.00 bits per heavy atom. The highest BCUT2D eigenvalue weighted by Gasteiger charge is 2.18. The van der Waals surface area contributed by atoms with Gasteiger partial charge >= 0.3 is 0 Å². The molecule has 0 bridgehead atoms. The summed E-state index contributed by atoms with van der Waals surface area (Å²) in [4.78, 5) is 12.6. The van der Waals surface area contributed by atoms with Crippen LogP contribution < -0.4 is 5.32 Å². The van der Waals surface area contributed by atoms with E-state index in [1.165, 1.54) is 41.8 Å². The van der Waals surface area contributed by atoms with Gasteiger partial charge in [-0.3, -0.25) is 9.36 Å². The number of rotatable bonds is 8. The molecule has 4 rings (SSSR count). The Bertz CT molecular complexity index is 1130. The van der Waals surface area contributed by atoms with Crippen molar-refractivity contribution in [3.63, 3.8) is 0 Å². The molecule has 1 aliphatic carbocycles. The van der Waals surface area contributed by atoms with Crippen LogP contribution in [-0.2, 0) is 24.2 Å². The molecule has 7 heteroatoms. The summed E-state index contributed by atoms with van der Waals surface area (Å²) in [6.07, 6.45) is 6.45. The molecule has 0 saturated heterocycles. The van der Waals surface area contributed by atoms with Crippen LogP contribution in [-0.4, -0.2) is 26.4 Å². The van der Waals surface area contributed by atoms with Gasteiger partial charge in [0.25, 0.3) is 0 Å². The van der Waals surface area contributed by atoms with E-state index in [-0.39, 0.29) is 23.5 Å². The second-order valence-electron chi connectivity index (χ2n) is 8.00. The Morgan fingerprint density at radius 3 is 2.78 bits per heavy atom. The smallest absolute Gasteiger partial charge is 0.230 e. The Kier molecular flexibility index (Phi) is 7.05. The van der Waals surface area contributed by atoms with Crippen LogP contribution in [0.1, 0.15) is 42.5 Å². The molecular formula is C25H27FN4OS. The fourth-order valence-electron chi connectivity index (χ4n) is 4.05. The van der Waals surface area contributed by atoms with E-state index >= 15 is 0 Å².